The maximum atomic E-state index is 11.9. The van der Waals surface area contributed by atoms with Gasteiger partial charge in [-0.15, -0.1) is 11.3 Å². The molecule has 0 aliphatic carbocycles. The number of aliphatic hydroxyl groups excluding tert-OH is 1. The van der Waals surface area contributed by atoms with Crippen molar-refractivity contribution in [3.05, 3.63) is 27.4 Å². The Morgan fingerprint density at radius 3 is 3.00 bits per heavy atom. The molecule has 1 aliphatic rings. The fourth-order valence-corrected chi connectivity index (χ4v) is 3.02. The van der Waals surface area contributed by atoms with E-state index >= 15 is 0 Å². The Labute approximate surface area is 116 Å². The van der Waals surface area contributed by atoms with Crippen LogP contribution in [-0.4, -0.2) is 35.1 Å². The number of likely N-dealkylation sites (tertiary alicyclic amines) is 1. The Bertz CT molecular complexity index is 456. The van der Waals surface area contributed by atoms with E-state index in [4.69, 9.17) is 11.6 Å². The average molecular weight is 286 g/mol. The van der Waals surface area contributed by atoms with E-state index in [1.807, 2.05) is 12.1 Å². The Morgan fingerprint density at radius 1 is 1.67 bits per heavy atom. The second kappa shape index (κ2) is 5.87. The summed E-state index contributed by atoms with van der Waals surface area (Å²) in [6.07, 6.45) is 3.89. The van der Waals surface area contributed by atoms with Crippen LogP contribution in [0.3, 0.4) is 0 Å². The molecule has 18 heavy (non-hydrogen) atoms. The molecule has 2 atom stereocenters. The minimum Gasteiger partial charge on any atom is -0.393 e. The van der Waals surface area contributed by atoms with Gasteiger partial charge in [-0.3, -0.25) is 4.79 Å². The van der Waals surface area contributed by atoms with Crippen molar-refractivity contribution in [3.63, 3.8) is 0 Å². The standard InChI is InChI=1S/C13H16ClNO2S/c1-9(16)10-6-7-15(8-10)13(17)5-3-11-2-4-12(14)18-11/h2-5,9-10,16H,6-8H2,1H3/b5-3+. The number of carbonyl (C=O) groups is 1. The average Bonchev–Trinajstić information content (AvgIpc) is 2.94. The smallest absolute Gasteiger partial charge is 0.246 e. The molecular weight excluding hydrogens is 270 g/mol. The molecule has 5 heteroatoms. The molecule has 0 radical (unpaired) electrons. The van der Waals surface area contributed by atoms with Crippen LogP contribution >= 0.6 is 22.9 Å². The van der Waals surface area contributed by atoms with Crippen LogP contribution in [0.4, 0.5) is 0 Å². The van der Waals surface area contributed by atoms with Crippen LogP contribution in [0.25, 0.3) is 6.08 Å². The minimum absolute atomic E-state index is 0.00247. The summed E-state index contributed by atoms with van der Waals surface area (Å²) in [5, 5.41) is 9.49. The molecule has 2 heterocycles. The van der Waals surface area contributed by atoms with Gasteiger partial charge >= 0.3 is 0 Å². The molecule has 1 aliphatic heterocycles. The van der Waals surface area contributed by atoms with E-state index in [-0.39, 0.29) is 17.9 Å². The number of nitrogens with zero attached hydrogens (tertiary/aromatic N) is 1. The largest absolute Gasteiger partial charge is 0.393 e. The number of halogens is 1. The van der Waals surface area contributed by atoms with Crippen LogP contribution in [0.15, 0.2) is 18.2 Å². The number of thiophene rings is 1. The van der Waals surface area contributed by atoms with E-state index in [1.165, 1.54) is 11.3 Å². The third-order valence-corrected chi connectivity index (χ3v) is 4.40. The summed E-state index contributed by atoms with van der Waals surface area (Å²) in [6.45, 7) is 3.15. The summed E-state index contributed by atoms with van der Waals surface area (Å²) in [5.74, 6) is 0.209. The van der Waals surface area contributed by atoms with Gasteiger partial charge in [-0.2, -0.15) is 0 Å². The van der Waals surface area contributed by atoms with Gasteiger partial charge in [-0.1, -0.05) is 11.6 Å². The lowest BCUT2D eigenvalue weighted by Crippen LogP contribution is -2.28. The molecule has 0 saturated carbocycles. The first-order valence-electron chi connectivity index (χ1n) is 5.96. The summed E-state index contributed by atoms with van der Waals surface area (Å²) in [7, 11) is 0. The Hall–Kier alpha value is -0.840. The zero-order valence-electron chi connectivity index (χ0n) is 10.2. The fourth-order valence-electron chi connectivity index (χ4n) is 2.06. The van der Waals surface area contributed by atoms with Crippen molar-refractivity contribution in [1.29, 1.82) is 0 Å². The van der Waals surface area contributed by atoms with Crippen molar-refractivity contribution >= 4 is 34.9 Å². The third kappa shape index (κ3) is 3.34. The second-order valence-electron chi connectivity index (χ2n) is 4.55. The topological polar surface area (TPSA) is 40.5 Å². The first-order valence-corrected chi connectivity index (χ1v) is 7.16. The normalized spacial score (nSPS) is 21.7. The molecule has 98 valence electrons. The van der Waals surface area contributed by atoms with Crippen molar-refractivity contribution in [2.75, 3.05) is 13.1 Å². The molecule has 0 bridgehead atoms. The van der Waals surface area contributed by atoms with E-state index < -0.39 is 0 Å². The highest BCUT2D eigenvalue weighted by Crippen LogP contribution is 2.23. The molecule has 0 aromatic carbocycles. The van der Waals surface area contributed by atoms with Crippen LogP contribution in [0.2, 0.25) is 4.34 Å². The molecule has 1 fully saturated rings. The summed E-state index contributed by atoms with van der Waals surface area (Å²) in [6, 6.07) is 3.70. The highest BCUT2D eigenvalue weighted by atomic mass is 35.5. The SMILES string of the molecule is CC(O)C1CCN(C(=O)/C=C/c2ccc(Cl)s2)C1. The first-order chi connectivity index (χ1) is 8.56. The van der Waals surface area contributed by atoms with Crippen molar-refractivity contribution in [1.82, 2.24) is 4.90 Å². The predicted molar refractivity (Wildman–Crippen MR) is 74.7 cm³/mol. The Morgan fingerprint density at radius 2 is 2.44 bits per heavy atom. The van der Waals surface area contributed by atoms with Crippen LogP contribution < -0.4 is 0 Å². The summed E-state index contributed by atoms with van der Waals surface area (Å²) in [5.41, 5.74) is 0. The van der Waals surface area contributed by atoms with E-state index in [2.05, 4.69) is 0 Å². The number of rotatable bonds is 3. The van der Waals surface area contributed by atoms with Crippen LogP contribution in [-0.2, 0) is 4.79 Å². The van der Waals surface area contributed by atoms with Crippen molar-refractivity contribution in [3.8, 4) is 0 Å². The van der Waals surface area contributed by atoms with Crippen molar-refractivity contribution in [2.45, 2.75) is 19.4 Å². The van der Waals surface area contributed by atoms with Gasteiger partial charge in [0.25, 0.3) is 0 Å². The van der Waals surface area contributed by atoms with Gasteiger partial charge in [0, 0.05) is 30.0 Å². The predicted octanol–water partition coefficient (Wildman–Crippen LogP) is 2.64. The van der Waals surface area contributed by atoms with Crippen molar-refractivity contribution in [2.24, 2.45) is 5.92 Å². The van der Waals surface area contributed by atoms with Gasteiger partial charge < -0.3 is 10.0 Å². The summed E-state index contributed by atoms with van der Waals surface area (Å²) in [4.78, 5) is 14.7. The lowest BCUT2D eigenvalue weighted by molar-refractivity contribution is -0.125. The monoisotopic (exact) mass is 285 g/mol. The highest BCUT2D eigenvalue weighted by molar-refractivity contribution is 7.17. The zero-order valence-corrected chi connectivity index (χ0v) is 11.7. The van der Waals surface area contributed by atoms with Crippen LogP contribution in [0.5, 0.6) is 0 Å². The maximum Gasteiger partial charge on any atom is 0.246 e. The van der Waals surface area contributed by atoms with E-state index in [9.17, 15) is 9.90 Å². The molecule has 3 nitrogen and oxygen atoms in total. The molecule has 2 unspecified atom stereocenters. The number of amides is 1. The van der Waals surface area contributed by atoms with E-state index in [1.54, 1.807) is 24.0 Å². The third-order valence-electron chi connectivity index (χ3n) is 3.20. The minimum atomic E-state index is -0.345. The van der Waals surface area contributed by atoms with Gasteiger partial charge in [0.05, 0.1) is 10.4 Å². The lowest BCUT2D eigenvalue weighted by Gasteiger charge is -2.15. The number of hydrogen-bond acceptors (Lipinski definition) is 3. The second-order valence-corrected chi connectivity index (χ2v) is 6.30. The van der Waals surface area contributed by atoms with Crippen LogP contribution in [0, 0.1) is 5.92 Å². The molecule has 0 spiro atoms. The fraction of sp³-hybridized carbons (Fsp3) is 0.462. The number of aliphatic hydroxyl groups is 1. The van der Waals surface area contributed by atoms with Crippen molar-refractivity contribution < 1.29 is 9.90 Å². The van der Waals surface area contributed by atoms with Crippen LogP contribution in [0.1, 0.15) is 18.2 Å². The Balaban J connectivity index is 1.91. The maximum absolute atomic E-state index is 11.9. The summed E-state index contributed by atoms with van der Waals surface area (Å²) >= 11 is 7.26. The van der Waals surface area contributed by atoms with E-state index in [0.717, 1.165) is 22.2 Å². The van der Waals surface area contributed by atoms with Gasteiger partial charge in [0.15, 0.2) is 0 Å². The zero-order chi connectivity index (χ0) is 13.1. The highest BCUT2D eigenvalue weighted by Gasteiger charge is 2.27. The van der Waals surface area contributed by atoms with Gasteiger partial charge in [-0.05, 0) is 31.6 Å². The molecule has 1 saturated heterocycles. The molecule has 1 aromatic heterocycles. The van der Waals surface area contributed by atoms with Gasteiger partial charge in [-0.25, -0.2) is 0 Å². The molecule has 1 aromatic rings. The van der Waals surface area contributed by atoms with E-state index in [0.29, 0.717) is 6.54 Å². The molecular formula is C13H16ClNO2S. The number of carbonyl (C=O) groups excluding carboxylic acids is 1. The summed E-state index contributed by atoms with van der Waals surface area (Å²) < 4.78 is 0.720. The first kappa shape index (κ1) is 13.6. The Kier molecular flexibility index (Phi) is 4.43. The molecule has 1 amide bonds. The molecule has 1 N–H and O–H groups in total. The quantitative estimate of drug-likeness (QED) is 0.868. The van der Waals surface area contributed by atoms with Gasteiger partial charge in [0.2, 0.25) is 5.91 Å². The molecule has 2 rings (SSSR count). The lowest BCUT2D eigenvalue weighted by atomic mass is 10.0. The van der Waals surface area contributed by atoms with Gasteiger partial charge in [0.1, 0.15) is 0 Å². The number of hydrogen-bond donors (Lipinski definition) is 1.